The molecule has 0 spiro atoms. The highest BCUT2D eigenvalue weighted by Crippen LogP contribution is 2.48. The molecule has 32 heavy (non-hydrogen) atoms. The van der Waals surface area contributed by atoms with E-state index in [2.05, 4.69) is 31.3 Å². The van der Waals surface area contributed by atoms with Crippen LogP contribution in [0.3, 0.4) is 0 Å². The molecule has 1 heterocycles. The van der Waals surface area contributed by atoms with Crippen LogP contribution in [0.5, 0.6) is 0 Å². The van der Waals surface area contributed by atoms with Gasteiger partial charge in [0.05, 0.1) is 20.1 Å². The zero-order chi connectivity index (χ0) is 22.2. The summed E-state index contributed by atoms with van der Waals surface area (Å²) in [4.78, 5) is 13.5. The van der Waals surface area contributed by atoms with Crippen molar-refractivity contribution in [2.75, 3.05) is 26.7 Å². The number of esters is 1. The summed E-state index contributed by atoms with van der Waals surface area (Å²) in [7, 11) is 2.25. The first kappa shape index (κ1) is 20.9. The van der Waals surface area contributed by atoms with Crippen molar-refractivity contribution < 1.29 is 19.1 Å². The van der Waals surface area contributed by atoms with Gasteiger partial charge in [0.1, 0.15) is 6.54 Å². The van der Waals surface area contributed by atoms with E-state index in [9.17, 15) is 9.90 Å². The van der Waals surface area contributed by atoms with Crippen molar-refractivity contribution in [2.45, 2.75) is 31.0 Å². The second kappa shape index (κ2) is 8.19. The van der Waals surface area contributed by atoms with E-state index in [4.69, 9.17) is 4.74 Å². The van der Waals surface area contributed by atoms with Crippen LogP contribution >= 0.6 is 0 Å². The largest absolute Gasteiger partial charge is 0.454 e. The lowest BCUT2D eigenvalue weighted by Crippen LogP contribution is -2.55. The molecule has 2 unspecified atom stereocenters. The smallest absolute Gasteiger partial charge is 0.348 e. The molecule has 0 amide bonds. The van der Waals surface area contributed by atoms with E-state index in [1.165, 1.54) is 5.56 Å². The molecule has 0 bridgehead atoms. The number of likely N-dealkylation sites (tertiary alicyclic amines) is 1. The Kier molecular flexibility index (Phi) is 5.36. The van der Waals surface area contributed by atoms with Gasteiger partial charge in [-0.2, -0.15) is 0 Å². The van der Waals surface area contributed by atoms with E-state index in [1.807, 2.05) is 54.6 Å². The average Bonchev–Trinajstić information content (AvgIpc) is 3.09. The van der Waals surface area contributed by atoms with E-state index >= 15 is 0 Å². The SMILES string of the molecule is C[N+]1(CCc2ccccc2)CCCC(OC(=O)C2(O)c3ccccc3-c3ccccc32)C1. The summed E-state index contributed by atoms with van der Waals surface area (Å²) in [6, 6.07) is 25.7. The van der Waals surface area contributed by atoms with Crippen LogP contribution < -0.4 is 0 Å². The molecular weight excluding hydrogens is 398 g/mol. The third-order valence-corrected chi connectivity index (χ3v) is 7.14. The zero-order valence-corrected chi connectivity index (χ0v) is 18.5. The van der Waals surface area contributed by atoms with Gasteiger partial charge in [0.25, 0.3) is 0 Å². The molecule has 5 rings (SSSR count). The van der Waals surface area contributed by atoms with Gasteiger partial charge in [-0.3, -0.25) is 0 Å². The molecule has 3 aromatic rings. The average molecular weight is 429 g/mol. The van der Waals surface area contributed by atoms with Gasteiger partial charge in [-0.15, -0.1) is 0 Å². The molecule has 1 fully saturated rings. The van der Waals surface area contributed by atoms with Gasteiger partial charge >= 0.3 is 5.97 Å². The van der Waals surface area contributed by atoms with Gasteiger partial charge in [0.15, 0.2) is 6.10 Å². The summed E-state index contributed by atoms with van der Waals surface area (Å²) in [6.45, 7) is 2.86. The molecule has 1 N–H and O–H groups in total. The van der Waals surface area contributed by atoms with Gasteiger partial charge in [-0.25, -0.2) is 4.79 Å². The number of carbonyl (C=O) groups excluding carboxylic acids is 1. The Morgan fingerprint density at radius 3 is 2.22 bits per heavy atom. The number of hydrogen-bond donors (Lipinski definition) is 1. The minimum Gasteiger partial charge on any atom is -0.454 e. The van der Waals surface area contributed by atoms with E-state index < -0.39 is 11.6 Å². The van der Waals surface area contributed by atoms with E-state index in [0.717, 1.165) is 54.5 Å². The molecule has 1 saturated heterocycles. The van der Waals surface area contributed by atoms with Crippen molar-refractivity contribution in [1.29, 1.82) is 0 Å². The zero-order valence-electron chi connectivity index (χ0n) is 18.5. The molecule has 4 nitrogen and oxygen atoms in total. The molecule has 164 valence electrons. The third-order valence-electron chi connectivity index (χ3n) is 7.14. The fourth-order valence-electron chi connectivity index (χ4n) is 5.39. The number of aliphatic hydroxyl groups is 1. The fraction of sp³-hybridized carbons (Fsp3) is 0.321. The first-order chi connectivity index (χ1) is 15.5. The van der Waals surface area contributed by atoms with Gasteiger partial charge in [0, 0.05) is 24.0 Å². The number of likely N-dealkylation sites (N-methyl/N-ethyl adjacent to an activating group) is 1. The Labute approximate surface area is 189 Å². The fourth-order valence-corrected chi connectivity index (χ4v) is 5.39. The van der Waals surface area contributed by atoms with Crippen LogP contribution in [0, 0.1) is 0 Å². The third kappa shape index (κ3) is 3.64. The van der Waals surface area contributed by atoms with Crippen molar-refractivity contribution in [3.05, 3.63) is 95.6 Å². The van der Waals surface area contributed by atoms with Crippen LogP contribution in [0.2, 0.25) is 0 Å². The summed E-state index contributed by atoms with van der Waals surface area (Å²) in [5, 5.41) is 11.7. The van der Waals surface area contributed by atoms with Gasteiger partial charge in [0.2, 0.25) is 5.60 Å². The molecular formula is C28H30NO3+. The quantitative estimate of drug-likeness (QED) is 0.487. The molecule has 1 aliphatic heterocycles. The monoisotopic (exact) mass is 428 g/mol. The first-order valence-corrected chi connectivity index (χ1v) is 11.5. The number of rotatable bonds is 5. The maximum absolute atomic E-state index is 13.5. The Morgan fingerprint density at radius 1 is 0.969 bits per heavy atom. The molecule has 0 aromatic heterocycles. The van der Waals surface area contributed by atoms with Gasteiger partial charge < -0.3 is 14.3 Å². The number of piperidine rings is 1. The molecule has 2 atom stereocenters. The number of ether oxygens (including phenoxy) is 1. The van der Waals surface area contributed by atoms with Crippen LogP contribution in [0.15, 0.2) is 78.9 Å². The Hall–Kier alpha value is -2.95. The van der Waals surface area contributed by atoms with Crippen LogP contribution in [-0.4, -0.2) is 48.3 Å². The molecule has 3 aromatic carbocycles. The highest BCUT2D eigenvalue weighted by atomic mass is 16.6. The van der Waals surface area contributed by atoms with Crippen LogP contribution in [-0.2, 0) is 21.6 Å². The highest BCUT2D eigenvalue weighted by molar-refractivity contribution is 5.96. The Bertz CT molecular complexity index is 1080. The van der Waals surface area contributed by atoms with Crippen LogP contribution in [0.25, 0.3) is 11.1 Å². The Morgan fingerprint density at radius 2 is 1.56 bits per heavy atom. The molecule has 0 radical (unpaired) electrons. The topological polar surface area (TPSA) is 46.5 Å². The number of carbonyl (C=O) groups is 1. The molecule has 1 aliphatic carbocycles. The van der Waals surface area contributed by atoms with E-state index in [-0.39, 0.29) is 6.10 Å². The maximum Gasteiger partial charge on any atom is 0.348 e. The predicted molar refractivity (Wildman–Crippen MR) is 125 cm³/mol. The van der Waals surface area contributed by atoms with Crippen LogP contribution in [0.4, 0.5) is 0 Å². The summed E-state index contributed by atoms with van der Waals surface area (Å²) in [5.41, 5.74) is 2.61. The summed E-state index contributed by atoms with van der Waals surface area (Å²) < 4.78 is 6.91. The number of quaternary nitrogens is 1. The van der Waals surface area contributed by atoms with Crippen molar-refractivity contribution >= 4 is 5.97 Å². The second-order valence-corrected chi connectivity index (χ2v) is 9.46. The first-order valence-electron chi connectivity index (χ1n) is 11.5. The molecule has 0 saturated carbocycles. The number of benzene rings is 3. The minimum atomic E-state index is -1.75. The number of hydrogen-bond acceptors (Lipinski definition) is 3. The van der Waals surface area contributed by atoms with Gasteiger partial charge in [-0.05, 0) is 23.1 Å². The second-order valence-electron chi connectivity index (χ2n) is 9.46. The Balaban J connectivity index is 1.34. The number of nitrogens with zero attached hydrogens (tertiary/aromatic N) is 1. The number of fused-ring (bicyclic) bond motifs is 3. The minimum absolute atomic E-state index is 0.194. The summed E-state index contributed by atoms with van der Waals surface area (Å²) >= 11 is 0. The molecule has 4 heteroatoms. The van der Waals surface area contributed by atoms with Gasteiger partial charge in [-0.1, -0.05) is 78.9 Å². The summed E-state index contributed by atoms with van der Waals surface area (Å²) in [5.74, 6) is -0.559. The lowest BCUT2D eigenvalue weighted by molar-refractivity contribution is -0.916. The standard InChI is InChI=1S/C28H30NO3/c1-29(19-17-21-10-3-2-4-11-21)18-9-12-22(20-29)32-27(30)28(31)25-15-7-5-13-23(25)24-14-6-8-16-26(24)28/h2-8,10-11,13-16,22,31H,9,12,17-20H2,1H3/q+1. The lowest BCUT2D eigenvalue weighted by atomic mass is 9.91. The normalized spacial score (nSPS) is 23.2. The maximum atomic E-state index is 13.5. The summed E-state index contributed by atoms with van der Waals surface area (Å²) in [6.07, 6.45) is 2.66. The van der Waals surface area contributed by atoms with Crippen molar-refractivity contribution in [2.24, 2.45) is 0 Å². The van der Waals surface area contributed by atoms with E-state index in [0.29, 0.717) is 11.1 Å². The molecule has 2 aliphatic rings. The van der Waals surface area contributed by atoms with Crippen molar-refractivity contribution in [1.82, 2.24) is 0 Å². The lowest BCUT2D eigenvalue weighted by Gasteiger charge is -2.41. The predicted octanol–water partition coefficient (Wildman–Crippen LogP) is 4.30. The van der Waals surface area contributed by atoms with Crippen molar-refractivity contribution in [3.63, 3.8) is 0 Å². The van der Waals surface area contributed by atoms with Crippen LogP contribution in [0.1, 0.15) is 29.5 Å². The highest BCUT2D eigenvalue weighted by Gasteiger charge is 2.50. The van der Waals surface area contributed by atoms with E-state index in [1.54, 1.807) is 0 Å². The van der Waals surface area contributed by atoms with Crippen molar-refractivity contribution in [3.8, 4) is 11.1 Å².